The van der Waals surface area contributed by atoms with Gasteiger partial charge < -0.3 is 25.6 Å². The molecule has 0 aromatic heterocycles. The molecule has 0 spiro atoms. The van der Waals surface area contributed by atoms with Gasteiger partial charge in [-0.1, -0.05) is 7.43 Å². The van der Waals surface area contributed by atoms with Gasteiger partial charge in [-0.15, -0.1) is 0 Å². The Morgan fingerprint density at radius 2 is 1.76 bits per heavy atom. The van der Waals surface area contributed by atoms with Crippen LogP contribution >= 0.6 is 0 Å². The normalized spacial score (nSPS) is 19.9. The van der Waals surface area contributed by atoms with Crippen molar-refractivity contribution in [1.82, 2.24) is 20.7 Å². The molecular weight excluding hydrogens is 490 g/mol. The maximum absolute atomic E-state index is 13.4. The van der Waals surface area contributed by atoms with E-state index in [0.717, 1.165) is 10.0 Å². The molecular formula is C23H29N5O9. The highest BCUT2D eigenvalue weighted by molar-refractivity contribution is 6.00. The molecule has 3 atom stereocenters. The number of aliphatic carboxylic acids is 1. The first-order chi connectivity index (χ1) is 17.1. The summed E-state index contributed by atoms with van der Waals surface area (Å²) in [5, 5.41) is 26.8. The lowest BCUT2D eigenvalue weighted by molar-refractivity contribution is -0.176. The number of hydrogen-bond acceptors (Lipinski definition) is 7. The van der Waals surface area contributed by atoms with E-state index in [1.807, 2.05) is 0 Å². The van der Waals surface area contributed by atoms with Gasteiger partial charge >= 0.3 is 12.1 Å². The standard InChI is InChI=1S/C22H25N5O9.CH4/c28-11-14(10-18(30)31)23-20(33)16-2-1-9-26-17(29)8-7-15(21(34)27(16)26)25-19(32)12-3-5-13(6-4-12)24-22(35)36;/h3-6,11,14-16,24H,1-2,7-10H2,(H,23,33)(H,25,32)(H,30,31)(H,35,36);1H4/t14-,15-,16-;/m0./s1. The van der Waals surface area contributed by atoms with Crippen LogP contribution in [-0.2, 0) is 24.0 Å². The average molecular weight is 520 g/mol. The largest absolute Gasteiger partial charge is 0.481 e. The van der Waals surface area contributed by atoms with Gasteiger partial charge in [0.05, 0.1) is 12.5 Å². The molecule has 1 aromatic carbocycles. The van der Waals surface area contributed by atoms with E-state index in [2.05, 4.69) is 16.0 Å². The van der Waals surface area contributed by atoms with Crippen LogP contribution in [0.2, 0.25) is 0 Å². The van der Waals surface area contributed by atoms with E-state index in [1.54, 1.807) is 0 Å². The number of anilines is 1. The van der Waals surface area contributed by atoms with Crippen molar-refractivity contribution in [2.45, 2.75) is 57.7 Å². The topological polar surface area (TPSA) is 203 Å². The molecule has 0 saturated carbocycles. The van der Waals surface area contributed by atoms with Crippen molar-refractivity contribution in [3.8, 4) is 0 Å². The fraction of sp³-hybridized carbons (Fsp3) is 0.435. The lowest BCUT2D eigenvalue weighted by Crippen LogP contribution is -2.64. The molecule has 0 unspecified atom stereocenters. The van der Waals surface area contributed by atoms with Crippen molar-refractivity contribution in [3.05, 3.63) is 29.8 Å². The van der Waals surface area contributed by atoms with Gasteiger partial charge in [0.25, 0.3) is 11.8 Å². The van der Waals surface area contributed by atoms with Crippen molar-refractivity contribution in [1.29, 1.82) is 0 Å². The van der Waals surface area contributed by atoms with E-state index in [9.17, 15) is 33.6 Å². The molecule has 200 valence electrons. The minimum absolute atomic E-state index is 0. The second-order valence-corrected chi connectivity index (χ2v) is 8.28. The Balaban J connectivity index is 0.00000481. The number of nitrogens with one attached hydrogen (secondary N) is 3. The highest BCUT2D eigenvalue weighted by Crippen LogP contribution is 2.25. The summed E-state index contributed by atoms with van der Waals surface area (Å²) in [6.45, 7) is 0.180. The zero-order valence-electron chi connectivity index (χ0n) is 19.0. The quantitative estimate of drug-likeness (QED) is 0.297. The first-order valence-corrected chi connectivity index (χ1v) is 11.1. The van der Waals surface area contributed by atoms with Gasteiger partial charge in [-0.2, -0.15) is 0 Å². The number of aldehydes is 1. The van der Waals surface area contributed by atoms with Gasteiger partial charge in [0.2, 0.25) is 11.8 Å². The minimum Gasteiger partial charge on any atom is -0.481 e. The SMILES string of the molecule is C.O=C[C@H](CC(=O)O)NC(=O)[C@@H]1CCCN2C(=O)CC[C@H](NC(=O)c3ccc(NC(=O)O)cc3)C(=O)N12. The molecule has 2 heterocycles. The second-order valence-electron chi connectivity index (χ2n) is 8.28. The number of carbonyl (C=O) groups excluding carboxylic acids is 5. The molecule has 37 heavy (non-hydrogen) atoms. The third-order valence-electron chi connectivity index (χ3n) is 5.75. The fourth-order valence-electron chi connectivity index (χ4n) is 4.08. The molecule has 3 rings (SSSR count). The predicted octanol–water partition coefficient (Wildman–Crippen LogP) is 0.198. The van der Waals surface area contributed by atoms with E-state index in [-0.39, 0.29) is 50.8 Å². The van der Waals surface area contributed by atoms with E-state index >= 15 is 0 Å². The summed E-state index contributed by atoms with van der Waals surface area (Å²) < 4.78 is 0. The molecule has 2 saturated heterocycles. The molecule has 14 nitrogen and oxygen atoms in total. The smallest absolute Gasteiger partial charge is 0.409 e. The van der Waals surface area contributed by atoms with Crippen LogP contribution in [-0.4, -0.2) is 86.9 Å². The number of hydrogen-bond donors (Lipinski definition) is 5. The number of fused-ring (bicyclic) bond motifs is 1. The molecule has 2 aliphatic heterocycles. The first kappa shape index (κ1) is 28.7. The number of hydrazine groups is 1. The Hall–Kier alpha value is -4.49. The van der Waals surface area contributed by atoms with Crippen molar-refractivity contribution in [2.75, 3.05) is 11.9 Å². The Labute approximate surface area is 211 Å². The van der Waals surface area contributed by atoms with Crippen LogP contribution in [0.15, 0.2) is 24.3 Å². The number of nitrogens with zero attached hydrogens (tertiary/aromatic N) is 2. The van der Waals surface area contributed by atoms with Crippen LogP contribution in [0.3, 0.4) is 0 Å². The van der Waals surface area contributed by atoms with Gasteiger partial charge in [-0.3, -0.25) is 34.3 Å². The summed E-state index contributed by atoms with van der Waals surface area (Å²) in [4.78, 5) is 84.6. The Kier molecular flexibility index (Phi) is 9.68. The second kappa shape index (κ2) is 12.5. The van der Waals surface area contributed by atoms with Crippen LogP contribution < -0.4 is 16.0 Å². The van der Waals surface area contributed by atoms with Gasteiger partial charge in [0, 0.05) is 24.2 Å². The van der Waals surface area contributed by atoms with E-state index in [4.69, 9.17) is 10.2 Å². The zero-order valence-corrected chi connectivity index (χ0v) is 19.0. The average Bonchev–Trinajstić information content (AvgIpc) is 2.95. The van der Waals surface area contributed by atoms with Crippen molar-refractivity contribution < 1.29 is 43.8 Å². The molecule has 2 aliphatic rings. The molecule has 2 fully saturated rings. The van der Waals surface area contributed by atoms with Crippen LogP contribution in [0, 0.1) is 0 Å². The van der Waals surface area contributed by atoms with E-state index in [0.29, 0.717) is 6.42 Å². The summed E-state index contributed by atoms with van der Waals surface area (Å²) in [6, 6.07) is 1.83. The van der Waals surface area contributed by atoms with Crippen molar-refractivity contribution >= 4 is 47.7 Å². The summed E-state index contributed by atoms with van der Waals surface area (Å²) in [5.41, 5.74) is 0.381. The summed E-state index contributed by atoms with van der Waals surface area (Å²) in [7, 11) is 0. The molecule has 0 bridgehead atoms. The number of carbonyl (C=O) groups is 7. The van der Waals surface area contributed by atoms with Crippen LogP contribution in [0.4, 0.5) is 10.5 Å². The number of carboxylic acid groups (broad SMARTS) is 2. The zero-order chi connectivity index (χ0) is 26.4. The van der Waals surface area contributed by atoms with E-state index in [1.165, 1.54) is 24.3 Å². The minimum atomic E-state index is -1.31. The highest BCUT2D eigenvalue weighted by Gasteiger charge is 2.44. The third kappa shape index (κ3) is 7.02. The number of rotatable bonds is 8. The Bertz CT molecular complexity index is 1070. The van der Waals surface area contributed by atoms with Gasteiger partial charge in [-0.25, -0.2) is 9.80 Å². The van der Waals surface area contributed by atoms with Gasteiger partial charge in [-0.05, 0) is 43.5 Å². The highest BCUT2D eigenvalue weighted by atomic mass is 16.4. The fourth-order valence-corrected chi connectivity index (χ4v) is 4.08. The van der Waals surface area contributed by atoms with E-state index < -0.39 is 60.2 Å². The maximum Gasteiger partial charge on any atom is 0.409 e. The third-order valence-corrected chi connectivity index (χ3v) is 5.75. The van der Waals surface area contributed by atoms with Crippen LogP contribution in [0.25, 0.3) is 0 Å². The number of amides is 5. The summed E-state index contributed by atoms with van der Waals surface area (Å²) in [6.07, 6.45) is -1.16. The van der Waals surface area contributed by atoms with Crippen LogP contribution in [0.5, 0.6) is 0 Å². The summed E-state index contributed by atoms with van der Waals surface area (Å²) in [5.74, 6) is -3.84. The molecule has 14 heteroatoms. The summed E-state index contributed by atoms with van der Waals surface area (Å²) >= 11 is 0. The van der Waals surface area contributed by atoms with Gasteiger partial charge in [0.1, 0.15) is 18.4 Å². The molecule has 5 N–H and O–H groups in total. The number of carboxylic acids is 1. The number of benzene rings is 1. The lowest BCUT2D eigenvalue weighted by atomic mass is 10.0. The molecule has 1 aromatic rings. The lowest BCUT2D eigenvalue weighted by Gasteiger charge is -2.43. The van der Waals surface area contributed by atoms with Crippen molar-refractivity contribution in [2.24, 2.45) is 0 Å². The predicted molar refractivity (Wildman–Crippen MR) is 127 cm³/mol. The Morgan fingerprint density at radius 3 is 2.35 bits per heavy atom. The molecule has 5 amide bonds. The Morgan fingerprint density at radius 1 is 1.08 bits per heavy atom. The molecule has 0 radical (unpaired) electrons. The monoisotopic (exact) mass is 519 g/mol. The van der Waals surface area contributed by atoms with Crippen molar-refractivity contribution in [3.63, 3.8) is 0 Å². The maximum atomic E-state index is 13.4. The first-order valence-electron chi connectivity index (χ1n) is 11.1. The van der Waals surface area contributed by atoms with Gasteiger partial charge in [0.15, 0.2) is 0 Å². The molecule has 0 aliphatic carbocycles. The van der Waals surface area contributed by atoms with Crippen LogP contribution in [0.1, 0.15) is 49.9 Å².